The summed E-state index contributed by atoms with van der Waals surface area (Å²) in [6.07, 6.45) is 3.57. The predicted octanol–water partition coefficient (Wildman–Crippen LogP) is 4.16. The Morgan fingerprint density at radius 3 is 2.09 bits per heavy atom. The van der Waals surface area contributed by atoms with Crippen LogP contribution in [-0.2, 0) is 19.4 Å². The van der Waals surface area contributed by atoms with Crippen molar-refractivity contribution in [1.82, 2.24) is 0 Å². The number of sulfone groups is 1. The fraction of sp³-hybridized carbons (Fsp3) is 0.588. The lowest BCUT2D eigenvalue weighted by atomic mass is 9.99. The van der Waals surface area contributed by atoms with Gasteiger partial charge in [0.2, 0.25) is 0 Å². The first-order chi connectivity index (χ1) is 10.8. The number of carbonyl (C=O) groups excluding carboxylic acids is 1. The number of benzene rings is 1. The average molecular weight is 359 g/mol. The van der Waals surface area contributed by atoms with Gasteiger partial charge in [0.1, 0.15) is 0 Å². The fourth-order valence-electron chi connectivity index (χ4n) is 3.04. The van der Waals surface area contributed by atoms with Crippen LogP contribution in [0.1, 0.15) is 52.4 Å². The molecule has 0 aliphatic heterocycles. The van der Waals surface area contributed by atoms with Gasteiger partial charge in [-0.15, -0.1) is 0 Å². The number of ether oxygens (including phenoxy) is 1. The second-order valence-corrected chi connectivity index (χ2v) is 9.02. The second kappa shape index (κ2) is 7.22. The standard InChI is InChI=1S/C17H23ClO4S/c1-13(2)22-16(19)17(11-5-3-4-6-12-17)23(20,21)15-9-7-14(18)8-10-15/h7-10,13H,3-6,11-12H2,1-2H3. The van der Waals surface area contributed by atoms with Crippen molar-refractivity contribution in [3.05, 3.63) is 29.3 Å². The molecule has 1 saturated carbocycles. The van der Waals surface area contributed by atoms with Crippen LogP contribution in [0, 0.1) is 0 Å². The Balaban J connectivity index is 2.51. The molecule has 1 aromatic rings. The van der Waals surface area contributed by atoms with E-state index in [-0.39, 0.29) is 11.0 Å². The van der Waals surface area contributed by atoms with Gasteiger partial charge in [0.05, 0.1) is 11.0 Å². The summed E-state index contributed by atoms with van der Waals surface area (Å²) in [5.74, 6) is -0.621. The largest absolute Gasteiger partial charge is 0.462 e. The van der Waals surface area contributed by atoms with E-state index in [2.05, 4.69) is 0 Å². The first kappa shape index (κ1) is 18.3. The molecule has 0 radical (unpaired) electrons. The van der Waals surface area contributed by atoms with Crippen molar-refractivity contribution in [2.45, 2.75) is 68.1 Å². The Morgan fingerprint density at radius 2 is 1.61 bits per heavy atom. The third-order valence-electron chi connectivity index (χ3n) is 4.26. The molecule has 1 aliphatic rings. The van der Waals surface area contributed by atoms with Gasteiger partial charge in [-0.1, -0.05) is 37.3 Å². The van der Waals surface area contributed by atoms with Gasteiger partial charge in [0, 0.05) is 5.02 Å². The van der Waals surface area contributed by atoms with Crippen LogP contribution >= 0.6 is 11.6 Å². The van der Waals surface area contributed by atoms with Crippen molar-refractivity contribution in [2.75, 3.05) is 0 Å². The van der Waals surface area contributed by atoms with E-state index in [0.717, 1.165) is 12.8 Å². The number of rotatable bonds is 4. The van der Waals surface area contributed by atoms with Crippen LogP contribution in [-0.4, -0.2) is 25.2 Å². The summed E-state index contributed by atoms with van der Waals surface area (Å²) in [4.78, 5) is 12.9. The molecule has 6 heteroatoms. The number of esters is 1. The highest BCUT2D eigenvalue weighted by Crippen LogP contribution is 2.39. The van der Waals surface area contributed by atoms with Gasteiger partial charge in [-0.2, -0.15) is 0 Å². The zero-order valence-corrected chi connectivity index (χ0v) is 15.1. The molecule has 23 heavy (non-hydrogen) atoms. The molecular weight excluding hydrogens is 336 g/mol. The van der Waals surface area contributed by atoms with Crippen LogP contribution in [0.25, 0.3) is 0 Å². The molecule has 0 N–H and O–H groups in total. The third-order valence-corrected chi connectivity index (χ3v) is 7.01. The Bertz CT molecular complexity index is 642. The highest BCUT2D eigenvalue weighted by Gasteiger charge is 2.52. The van der Waals surface area contributed by atoms with Crippen LogP contribution in [0.2, 0.25) is 5.02 Å². The summed E-state index contributed by atoms with van der Waals surface area (Å²) >= 11 is 5.85. The Morgan fingerprint density at radius 1 is 1.09 bits per heavy atom. The molecule has 1 fully saturated rings. The normalized spacial score (nSPS) is 18.4. The van der Waals surface area contributed by atoms with E-state index < -0.39 is 20.6 Å². The molecule has 0 bridgehead atoms. The van der Waals surface area contributed by atoms with Gasteiger partial charge >= 0.3 is 5.97 Å². The minimum Gasteiger partial charge on any atom is -0.462 e. The first-order valence-electron chi connectivity index (χ1n) is 8.01. The summed E-state index contributed by atoms with van der Waals surface area (Å²) in [5.41, 5.74) is 0. The van der Waals surface area contributed by atoms with Crippen molar-refractivity contribution in [3.63, 3.8) is 0 Å². The number of halogens is 1. The Hall–Kier alpha value is -1.07. The van der Waals surface area contributed by atoms with Crippen LogP contribution in [0.15, 0.2) is 29.2 Å². The monoisotopic (exact) mass is 358 g/mol. The van der Waals surface area contributed by atoms with Crippen LogP contribution in [0.5, 0.6) is 0 Å². The molecule has 1 aliphatic carbocycles. The molecule has 0 heterocycles. The van der Waals surface area contributed by atoms with Gasteiger partial charge in [-0.3, -0.25) is 4.79 Å². The van der Waals surface area contributed by atoms with Crippen molar-refractivity contribution in [2.24, 2.45) is 0 Å². The molecule has 0 unspecified atom stereocenters. The highest BCUT2D eigenvalue weighted by molar-refractivity contribution is 7.93. The lowest BCUT2D eigenvalue weighted by molar-refractivity contribution is -0.151. The molecule has 4 nitrogen and oxygen atoms in total. The van der Waals surface area contributed by atoms with E-state index in [1.54, 1.807) is 13.8 Å². The minimum atomic E-state index is -3.84. The summed E-state index contributed by atoms with van der Waals surface area (Å²) < 4.78 is 30.4. The summed E-state index contributed by atoms with van der Waals surface area (Å²) in [5, 5.41) is 0.462. The lowest BCUT2D eigenvalue weighted by Gasteiger charge is -2.31. The van der Waals surface area contributed by atoms with E-state index >= 15 is 0 Å². The van der Waals surface area contributed by atoms with Crippen molar-refractivity contribution >= 4 is 27.4 Å². The van der Waals surface area contributed by atoms with Crippen molar-refractivity contribution < 1.29 is 17.9 Å². The maximum atomic E-state index is 13.3. The average Bonchev–Trinajstić information content (AvgIpc) is 2.74. The van der Waals surface area contributed by atoms with Gasteiger partial charge in [-0.05, 0) is 51.0 Å². The number of hydrogen-bond acceptors (Lipinski definition) is 4. The SMILES string of the molecule is CC(C)OC(=O)C1(S(=O)(=O)c2ccc(Cl)cc2)CCCCCC1. The van der Waals surface area contributed by atoms with E-state index in [1.165, 1.54) is 24.3 Å². The number of carbonyl (C=O) groups is 1. The topological polar surface area (TPSA) is 60.4 Å². The minimum absolute atomic E-state index is 0.129. The van der Waals surface area contributed by atoms with E-state index in [4.69, 9.17) is 16.3 Å². The quantitative estimate of drug-likeness (QED) is 0.599. The predicted molar refractivity (Wildman–Crippen MR) is 90.3 cm³/mol. The van der Waals surface area contributed by atoms with Gasteiger partial charge in [0.25, 0.3) is 0 Å². The summed E-state index contributed by atoms with van der Waals surface area (Å²) in [7, 11) is -3.84. The van der Waals surface area contributed by atoms with Gasteiger partial charge < -0.3 is 4.74 Å². The first-order valence-corrected chi connectivity index (χ1v) is 9.87. The van der Waals surface area contributed by atoms with E-state index in [1.807, 2.05) is 0 Å². The van der Waals surface area contributed by atoms with Crippen LogP contribution < -0.4 is 0 Å². The molecule has 1 aromatic carbocycles. The molecule has 128 valence electrons. The summed E-state index contributed by atoms with van der Waals surface area (Å²) in [6.45, 7) is 3.47. The smallest absolute Gasteiger partial charge is 0.328 e. The maximum absolute atomic E-state index is 13.3. The lowest BCUT2D eigenvalue weighted by Crippen LogP contribution is -2.48. The zero-order valence-electron chi connectivity index (χ0n) is 13.5. The maximum Gasteiger partial charge on any atom is 0.328 e. The van der Waals surface area contributed by atoms with Gasteiger partial charge in [-0.25, -0.2) is 8.42 Å². The molecule has 0 amide bonds. The zero-order chi connectivity index (χ0) is 17.1. The van der Waals surface area contributed by atoms with E-state index in [0.29, 0.717) is 30.7 Å². The molecule has 0 saturated heterocycles. The molecule has 0 aromatic heterocycles. The molecule has 2 rings (SSSR count). The third kappa shape index (κ3) is 3.72. The van der Waals surface area contributed by atoms with Crippen molar-refractivity contribution in [3.8, 4) is 0 Å². The fourth-order valence-corrected chi connectivity index (χ4v) is 5.21. The van der Waals surface area contributed by atoms with Crippen molar-refractivity contribution in [1.29, 1.82) is 0 Å². The second-order valence-electron chi connectivity index (χ2n) is 6.32. The molecular formula is C17H23ClO4S. The highest BCUT2D eigenvalue weighted by atomic mass is 35.5. The molecule has 0 spiro atoms. The van der Waals surface area contributed by atoms with E-state index in [9.17, 15) is 13.2 Å². The Labute approximate surface area is 143 Å². The number of hydrogen-bond donors (Lipinski definition) is 0. The Kier molecular flexibility index (Phi) is 5.74. The van der Waals surface area contributed by atoms with Gasteiger partial charge in [0.15, 0.2) is 14.6 Å². The van der Waals surface area contributed by atoms with Crippen LogP contribution in [0.4, 0.5) is 0 Å². The van der Waals surface area contributed by atoms with Crippen LogP contribution in [0.3, 0.4) is 0 Å². The summed E-state index contributed by atoms with van der Waals surface area (Å²) in [6, 6.07) is 6.00. The molecule has 0 atom stereocenters.